The van der Waals surface area contributed by atoms with Gasteiger partial charge in [-0.2, -0.15) is 0 Å². The van der Waals surface area contributed by atoms with Crippen LogP contribution in [0.3, 0.4) is 0 Å². The maximum atomic E-state index is 5.48. The zero-order chi connectivity index (χ0) is 14.2. The molecule has 2 rings (SSSR count). The van der Waals surface area contributed by atoms with E-state index in [0.29, 0.717) is 12.0 Å². The van der Waals surface area contributed by atoms with Gasteiger partial charge in [0, 0.05) is 17.8 Å². The van der Waals surface area contributed by atoms with E-state index in [-0.39, 0.29) is 0 Å². The largest absolute Gasteiger partial charge is 0.481 e. The van der Waals surface area contributed by atoms with Crippen molar-refractivity contribution >= 4 is 0 Å². The fourth-order valence-electron chi connectivity index (χ4n) is 3.29. The Labute approximate surface area is 123 Å². The van der Waals surface area contributed by atoms with Gasteiger partial charge in [0.1, 0.15) is 0 Å². The second kappa shape index (κ2) is 8.25. The zero-order valence-corrected chi connectivity index (χ0v) is 12.9. The molecule has 0 aromatic carbocycles. The standard InChI is InChI=1S/C17H28N2O/c1-3-12-18-16(14-9-6-4-5-7-10-14)15-11-8-13-19-17(15)20-2/h8,11,13-14,16,18H,3-7,9-10,12H2,1-2H3. The maximum absolute atomic E-state index is 5.48. The summed E-state index contributed by atoms with van der Waals surface area (Å²) in [6, 6.07) is 4.58. The average Bonchev–Trinajstić information content (AvgIpc) is 2.77. The van der Waals surface area contributed by atoms with Crippen LogP contribution in [0.5, 0.6) is 5.88 Å². The molecule has 0 spiro atoms. The summed E-state index contributed by atoms with van der Waals surface area (Å²) in [6.45, 7) is 3.27. The van der Waals surface area contributed by atoms with E-state index in [1.165, 1.54) is 44.1 Å². The van der Waals surface area contributed by atoms with Crippen LogP contribution in [0.1, 0.15) is 63.5 Å². The van der Waals surface area contributed by atoms with Crippen molar-refractivity contribution in [3.8, 4) is 5.88 Å². The first-order chi connectivity index (χ1) is 9.86. The molecule has 1 aromatic heterocycles. The molecule has 0 amide bonds. The number of methoxy groups -OCH3 is 1. The molecule has 0 radical (unpaired) electrons. The molecule has 1 saturated carbocycles. The van der Waals surface area contributed by atoms with E-state index < -0.39 is 0 Å². The first-order valence-corrected chi connectivity index (χ1v) is 8.09. The third-order valence-corrected chi connectivity index (χ3v) is 4.31. The van der Waals surface area contributed by atoms with Crippen LogP contribution in [0.4, 0.5) is 0 Å². The molecule has 1 aliphatic carbocycles. The van der Waals surface area contributed by atoms with E-state index in [1.54, 1.807) is 7.11 Å². The minimum Gasteiger partial charge on any atom is -0.481 e. The highest BCUT2D eigenvalue weighted by Gasteiger charge is 2.26. The molecule has 0 bridgehead atoms. The van der Waals surface area contributed by atoms with Crippen LogP contribution in [0.25, 0.3) is 0 Å². The van der Waals surface area contributed by atoms with Crippen molar-refractivity contribution in [2.45, 2.75) is 57.9 Å². The zero-order valence-electron chi connectivity index (χ0n) is 12.9. The molecule has 1 aromatic rings. The molecule has 1 N–H and O–H groups in total. The van der Waals surface area contributed by atoms with E-state index >= 15 is 0 Å². The second-order valence-electron chi connectivity index (χ2n) is 5.79. The number of hydrogen-bond donors (Lipinski definition) is 1. The summed E-state index contributed by atoms with van der Waals surface area (Å²) < 4.78 is 5.48. The first-order valence-electron chi connectivity index (χ1n) is 8.09. The average molecular weight is 276 g/mol. The Morgan fingerprint density at radius 2 is 2.05 bits per heavy atom. The van der Waals surface area contributed by atoms with Crippen LogP contribution in [0.15, 0.2) is 18.3 Å². The van der Waals surface area contributed by atoms with E-state index in [4.69, 9.17) is 4.74 Å². The fraction of sp³-hybridized carbons (Fsp3) is 0.706. The number of pyridine rings is 1. The molecule has 1 fully saturated rings. The summed E-state index contributed by atoms with van der Waals surface area (Å²) in [5, 5.41) is 3.74. The van der Waals surface area contributed by atoms with E-state index in [0.717, 1.165) is 18.8 Å². The van der Waals surface area contributed by atoms with Crippen molar-refractivity contribution in [1.29, 1.82) is 0 Å². The number of nitrogens with zero attached hydrogens (tertiary/aromatic N) is 1. The van der Waals surface area contributed by atoms with Crippen LogP contribution in [0, 0.1) is 5.92 Å². The summed E-state index contributed by atoms with van der Waals surface area (Å²) in [5.74, 6) is 1.49. The van der Waals surface area contributed by atoms with Crippen molar-refractivity contribution in [3.63, 3.8) is 0 Å². The Morgan fingerprint density at radius 3 is 2.70 bits per heavy atom. The SMILES string of the molecule is CCCNC(c1cccnc1OC)C1CCCCCC1. The number of ether oxygens (including phenoxy) is 1. The van der Waals surface area contributed by atoms with Gasteiger partial charge in [0.25, 0.3) is 0 Å². The number of hydrogen-bond acceptors (Lipinski definition) is 3. The van der Waals surface area contributed by atoms with Crippen LogP contribution >= 0.6 is 0 Å². The lowest BCUT2D eigenvalue weighted by atomic mass is 9.87. The predicted molar refractivity (Wildman–Crippen MR) is 83.0 cm³/mol. The minimum absolute atomic E-state index is 0.386. The molecule has 1 atom stereocenters. The highest BCUT2D eigenvalue weighted by Crippen LogP contribution is 2.36. The molecule has 3 heteroatoms. The topological polar surface area (TPSA) is 34.2 Å². The highest BCUT2D eigenvalue weighted by molar-refractivity contribution is 5.29. The van der Waals surface area contributed by atoms with Gasteiger partial charge in [-0.05, 0) is 37.8 Å². The monoisotopic (exact) mass is 276 g/mol. The fourth-order valence-corrected chi connectivity index (χ4v) is 3.29. The van der Waals surface area contributed by atoms with Gasteiger partial charge >= 0.3 is 0 Å². The summed E-state index contributed by atoms with van der Waals surface area (Å²) in [7, 11) is 1.72. The van der Waals surface area contributed by atoms with Crippen molar-refractivity contribution in [1.82, 2.24) is 10.3 Å². The molecule has 1 heterocycles. The number of rotatable bonds is 6. The Morgan fingerprint density at radius 1 is 1.30 bits per heavy atom. The quantitative estimate of drug-likeness (QED) is 0.794. The van der Waals surface area contributed by atoms with E-state index in [9.17, 15) is 0 Å². The summed E-state index contributed by atoms with van der Waals surface area (Å²) >= 11 is 0. The van der Waals surface area contributed by atoms with E-state index in [2.05, 4.69) is 23.3 Å². The Hall–Kier alpha value is -1.09. The van der Waals surface area contributed by atoms with Crippen LogP contribution in [0.2, 0.25) is 0 Å². The van der Waals surface area contributed by atoms with Gasteiger partial charge < -0.3 is 10.1 Å². The highest BCUT2D eigenvalue weighted by atomic mass is 16.5. The lowest BCUT2D eigenvalue weighted by molar-refractivity contribution is 0.309. The van der Waals surface area contributed by atoms with Gasteiger partial charge in [-0.15, -0.1) is 0 Å². The van der Waals surface area contributed by atoms with Gasteiger partial charge in [-0.25, -0.2) is 4.98 Å². The maximum Gasteiger partial charge on any atom is 0.217 e. The molecule has 0 saturated heterocycles. The van der Waals surface area contributed by atoms with Crippen molar-refractivity contribution in [2.75, 3.05) is 13.7 Å². The Kier molecular flexibility index (Phi) is 6.31. The van der Waals surface area contributed by atoms with Crippen LogP contribution in [-0.4, -0.2) is 18.6 Å². The number of aromatic nitrogens is 1. The van der Waals surface area contributed by atoms with Gasteiger partial charge in [0.05, 0.1) is 7.11 Å². The third-order valence-electron chi connectivity index (χ3n) is 4.31. The molecule has 20 heavy (non-hydrogen) atoms. The van der Waals surface area contributed by atoms with Crippen molar-refractivity contribution in [3.05, 3.63) is 23.9 Å². The molecule has 3 nitrogen and oxygen atoms in total. The van der Waals surface area contributed by atoms with Crippen molar-refractivity contribution < 1.29 is 4.74 Å². The third kappa shape index (κ3) is 3.95. The normalized spacial score (nSPS) is 18.5. The Balaban J connectivity index is 2.20. The molecule has 1 unspecified atom stereocenters. The molecule has 0 aliphatic heterocycles. The second-order valence-corrected chi connectivity index (χ2v) is 5.79. The minimum atomic E-state index is 0.386. The van der Waals surface area contributed by atoms with Crippen LogP contribution in [-0.2, 0) is 0 Å². The summed E-state index contributed by atoms with van der Waals surface area (Å²) in [5.41, 5.74) is 1.23. The van der Waals surface area contributed by atoms with Gasteiger partial charge in [0.2, 0.25) is 5.88 Å². The summed E-state index contributed by atoms with van der Waals surface area (Å²) in [6.07, 6.45) is 11.1. The number of nitrogens with one attached hydrogen (secondary N) is 1. The molecular formula is C17H28N2O. The predicted octanol–water partition coefficient (Wildman–Crippen LogP) is 4.10. The lowest BCUT2D eigenvalue weighted by Gasteiger charge is -2.28. The lowest BCUT2D eigenvalue weighted by Crippen LogP contribution is -2.29. The van der Waals surface area contributed by atoms with Gasteiger partial charge in [0.15, 0.2) is 0 Å². The Bertz CT molecular complexity index is 386. The first kappa shape index (κ1) is 15.3. The molecule has 1 aliphatic rings. The van der Waals surface area contributed by atoms with E-state index in [1.807, 2.05) is 12.3 Å². The van der Waals surface area contributed by atoms with Gasteiger partial charge in [-0.3, -0.25) is 0 Å². The molecule has 112 valence electrons. The van der Waals surface area contributed by atoms with Crippen LogP contribution < -0.4 is 10.1 Å². The smallest absolute Gasteiger partial charge is 0.217 e. The molecular weight excluding hydrogens is 248 g/mol. The summed E-state index contributed by atoms with van der Waals surface area (Å²) in [4.78, 5) is 4.38. The van der Waals surface area contributed by atoms with Crippen molar-refractivity contribution in [2.24, 2.45) is 5.92 Å². The van der Waals surface area contributed by atoms with Gasteiger partial charge in [-0.1, -0.05) is 38.7 Å².